The number of pyridine rings is 2. The zero-order valence-corrected chi connectivity index (χ0v) is 20.0. The largest absolute Gasteiger partial charge is 0.481 e. The van der Waals surface area contributed by atoms with Crippen LogP contribution in [-0.4, -0.2) is 30.7 Å². The monoisotopic (exact) mass is 508 g/mol. The number of aryl methyl sites for hydroxylation is 1. The zero-order valence-electron chi connectivity index (χ0n) is 18.4. The molecule has 7 nitrogen and oxygen atoms in total. The minimum absolute atomic E-state index is 0.0941. The summed E-state index contributed by atoms with van der Waals surface area (Å²) in [6.45, 7) is 2.77. The number of hydrogen-bond donors (Lipinski definition) is 1. The first-order valence-electron chi connectivity index (χ1n) is 10.9. The second-order valence-electron chi connectivity index (χ2n) is 7.73. The van der Waals surface area contributed by atoms with Crippen LogP contribution in [0.1, 0.15) is 42.4 Å². The number of carboxylic acid groups (broad SMARTS) is 1. The van der Waals surface area contributed by atoms with Crippen LogP contribution in [0.2, 0.25) is 0 Å². The van der Waals surface area contributed by atoms with Crippen LogP contribution in [0.25, 0.3) is 16.6 Å². The molecule has 0 radical (unpaired) electrons. The number of rotatable bonds is 10. The van der Waals surface area contributed by atoms with Crippen LogP contribution in [0.15, 0.2) is 59.5 Å². The lowest BCUT2D eigenvalue weighted by molar-refractivity contribution is -0.137. The number of ether oxygens (including phenoxy) is 1. The SMILES string of the molecule is CCc1ccc2c(-c3cncc(Br)c3)c(CCCC(=O)O)c(COCc3ccccn3)nn12. The molecular formula is C25H25BrN4O3. The summed E-state index contributed by atoms with van der Waals surface area (Å²) in [6, 6.07) is 11.9. The predicted molar refractivity (Wildman–Crippen MR) is 129 cm³/mol. The van der Waals surface area contributed by atoms with Crippen molar-refractivity contribution in [2.75, 3.05) is 0 Å². The van der Waals surface area contributed by atoms with Crippen molar-refractivity contribution < 1.29 is 14.6 Å². The zero-order chi connectivity index (χ0) is 23.2. The van der Waals surface area contributed by atoms with Crippen molar-refractivity contribution >= 4 is 27.4 Å². The van der Waals surface area contributed by atoms with Crippen LogP contribution in [0.3, 0.4) is 0 Å². The Labute approximate surface area is 200 Å². The van der Waals surface area contributed by atoms with E-state index < -0.39 is 5.97 Å². The Morgan fingerprint density at radius 3 is 2.79 bits per heavy atom. The van der Waals surface area contributed by atoms with Gasteiger partial charge in [-0.1, -0.05) is 13.0 Å². The Bertz CT molecular complexity index is 1260. The summed E-state index contributed by atoms with van der Waals surface area (Å²) in [4.78, 5) is 19.9. The molecule has 1 N–H and O–H groups in total. The standard InChI is InChI=1S/C25H25BrN4O3/c1-2-20-9-10-23-25(17-12-18(26)14-27-13-17)21(7-5-8-24(31)32)22(29-30(20)23)16-33-15-19-6-3-4-11-28-19/h3-4,6,9-14H,2,5,7-8,15-16H2,1H3,(H,31,32). The fourth-order valence-corrected chi connectivity index (χ4v) is 4.30. The molecule has 0 aliphatic carbocycles. The number of hydrogen-bond acceptors (Lipinski definition) is 5. The van der Waals surface area contributed by atoms with E-state index in [1.807, 2.05) is 35.0 Å². The summed E-state index contributed by atoms with van der Waals surface area (Å²) in [5.41, 5.74) is 6.67. The van der Waals surface area contributed by atoms with Crippen molar-refractivity contribution in [3.63, 3.8) is 0 Å². The van der Waals surface area contributed by atoms with Gasteiger partial charge in [-0.2, -0.15) is 5.10 Å². The first-order chi connectivity index (χ1) is 16.1. The summed E-state index contributed by atoms with van der Waals surface area (Å²) in [5.74, 6) is -0.807. The highest BCUT2D eigenvalue weighted by Gasteiger charge is 2.19. The minimum Gasteiger partial charge on any atom is -0.481 e. The van der Waals surface area contributed by atoms with Gasteiger partial charge in [0.2, 0.25) is 0 Å². The van der Waals surface area contributed by atoms with Gasteiger partial charge in [0.25, 0.3) is 0 Å². The molecule has 4 heterocycles. The highest BCUT2D eigenvalue weighted by molar-refractivity contribution is 9.10. The van der Waals surface area contributed by atoms with E-state index in [2.05, 4.69) is 45.0 Å². The van der Waals surface area contributed by atoms with Crippen molar-refractivity contribution in [2.45, 2.75) is 45.8 Å². The highest BCUT2D eigenvalue weighted by Crippen LogP contribution is 2.33. The second kappa shape index (κ2) is 10.7. The van der Waals surface area contributed by atoms with Gasteiger partial charge in [0, 0.05) is 46.3 Å². The molecule has 0 atom stereocenters. The van der Waals surface area contributed by atoms with Gasteiger partial charge in [-0.3, -0.25) is 14.8 Å². The van der Waals surface area contributed by atoms with Gasteiger partial charge < -0.3 is 9.84 Å². The van der Waals surface area contributed by atoms with Crippen molar-refractivity contribution in [2.24, 2.45) is 0 Å². The van der Waals surface area contributed by atoms with Crippen LogP contribution in [0.4, 0.5) is 0 Å². The number of aromatic nitrogens is 4. The fourth-order valence-electron chi connectivity index (χ4n) is 3.93. The maximum atomic E-state index is 11.2. The summed E-state index contributed by atoms with van der Waals surface area (Å²) in [5, 5.41) is 14.1. The third-order valence-electron chi connectivity index (χ3n) is 5.45. The predicted octanol–water partition coefficient (Wildman–Crippen LogP) is 5.24. The van der Waals surface area contributed by atoms with E-state index in [4.69, 9.17) is 9.84 Å². The van der Waals surface area contributed by atoms with Gasteiger partial charge >= 0.3 is 5.97 Å². The van der Waals surface area contributed by atoms with Crippen LogP contribution < -0.4 is 0 Å². The number of halogens is 1. The molecule has 33 heavy (non-hydrogen) atoms. The van der Waals surface area contributed by atoms with Crippen LogP contribution >= 0.6 is 15.9 Å². The van der Waals surface area contributed by atoms with Crippen molar-refractivity contribution in [1.29, 1.82) is 0 Å². The van der Waals surface area contributed by atoms with Gasteiger partial charge in [0.05, 0.1) is 30.1 Å². The number of fused-ring (bicyclic) bond motifs is 1. The molecule has 0 unspecified atom stereocenters. The van der Waals surface area contributed by atoms with Gasteiger partial charge in [0.15, 0.2) is 0 Å². The third kappa shape index (κ3) is 5.46. The first kappa shape index (κ1) is 23.1. The average Bonchev–Trinajstić information content (AvgIpc) is 3.22. The lowest BCUT2D eigenvalue weighted by atomic mass is 9.95. The lowest BCUT2D eigenvalue weighted by Gasteiger charge is -2.17. The van der Waals surface area contributed by atoms with Gasteiger partial charge in [-0.15, -0.1) is 0 Å². The topological polar surface area (TPSA) is 89.6 Å². The maximum absolute atomic E-state index is 11.2. The summed E-state index contributed by atoms with van der Waals surface area (Å²) >= 11 is 3.53. The molecule has 0 aromatic carbocycles. The molecule has 170 valence electrons. The number of carboxylic acids is 1. The fraction of sp³-hybridized carbons (Fsp3) is 0.280. The molecule has 0 saturated heterocycles. The minimum atomic E-state index is -0.807. The highest BCUT2D eigenvalue weighted by atomic mass is 79.9. The van der Waals surface area contributed by atoms with Gasteiger partial charge in [-0.25, -0.2) is 4.52 Å². The maximum Gasteiger partial charge on any atom is 0.303 e. The molecule has 4 rings (SSSR count). The quantitative estimate of drug-likeness (QED) is 0.315. The lowest BCUT2D eigenvalue weighted by Crippen LogP contribution is -2.11. The molecule has 0 fully saturated rings. The molecule has 0 amide bonds. The molecule has 0 aliphatic heterocycles. The normalized spacial score (nSPS) is 11.2. The average molecular weight is 509 g/mol. The van der Waals surface area contributed by atoms with Crippen LogP contribution in [-0.2, 0) is 35.6 Å². The molecule has 4 aromatic rings. The Morgan fingerprint density at radius 2 is 2.06 bits per heavy atom. The second-order valence-corrected chi connectivity index (χ2v) is 8.64. The van der Waals surface area contributed by atoms with E-state index in [9.17, 15) is 9.90 Å². The first-order valence-corrected chi connectivity index (χ1v) is 11.7. The van der Waals surface area contributed by atoms with Crippen molar-refractivity contribution in [3.8, 4) is 11.1 Å². The summed E-state index contributed by atoms with van der Waals surface area (Å²) in [6.07, 6.45) is 7.34. The van der Waals surface area contributed by atoms with Crippen molar-refractivity contribution in [1.82, 2.24) is 19.6 Å². The number of carbonyl (C=O) groups is 1. The smallest absolute Gasteiger partial charge is 0.303 e. The van der Waals surface area contributed by atoms with E-state index in [0.717, 1.165) is 50.2 Å². The molecule has 4 aromatic heterocycles. The van der Waals surface area contributed by atoms with E-state index >= 15 is 0 Å². The van der Waals surface area contributed by atoms with Crippen LogP contribution in [0, 0.1) is 0 Å². The van der Waals surface area contributed by atoms with E-state index in [1.54, 1.807) is 12.4 Å². The van der Waals surface area contributed by atoms with Crippen LogP contribution in [0.5, 0.6) is 0 Å². The van der Waals surface area contributed by atoms with Crippen molar-refractivity contribution in [3.05, 3.63) is 82.1 Å². The third-order valence-corrected chi connectivity index (χ3v) is 5.88. The summed E-state index contributed by atoms with van der Waals surface area (Å²) < 4.78 is 8.85. The molecule has 0 spiro atoms. The Hall–Kier alpha value is -3.10. The summed E-state index contributed by atoms with van der Waals surface area (Å²) in [7, 11) is 0. The molecule has 0 bridgehead atoms. The van der Waals surface area contributed by atoms with Gasteiger partial charge in [-0.05, 0) is 71.1 Å². The van der Waals surface area contributed by atoms with E-state index in [0.29, 0.717) is 26.1 Å². The van der Waals surface area contributed by atoms with Gasteiger partial charge in [0.1, 0.15) is 0 Å². The molecule has 0 saturated carbocycles. The van der Waals surface area contributed by atoms with E-state index in [1.165, 1.54) is 0 Å². The number of aliphatic carboxylic acids is 1. The molecule has 0 aliphatic rings. The Balaban J connectivity index is 1.79. The Morgan fingerprint density at radius 1 is 1.18 bits per heavy atom. The Kier molecular flexibility index (Phi) is 7.47. The molecular weight excluding hydrogens is 484 g/mol. The molecule has 8 heteroatoms. The number of nitrogens with zero attached hydrogens (tertiary/aromatic N) is 4. The van der Waals surface area contributed by atoms with E-state index in [-0.39, 0.29) is 6.42 Å².